The predicted molar refractivity (Wildman–Crippen MR) is 74.0 cm³/mol. The van der Waals surface area contributed by atoms with E-state index in [0.29, 0.717) is 4.77 Å². The van der Waals surface area contributed by atoms with Crippen LogP contribution < -0.4 is 0 Å². The van der Waals surface area contributed by atoms with Gasteiger partial charge < -0.3 is 9.97 Å². The van der Waals surface area contributed by atoms with Gasteiger partial charge in [-0.05, 0) is 49.3 Å². The maximum atomic E-state index is 5.06. The van der Waals surface area contributed by atoms with Crippen molar-refractivity contribution < 1.29 is 0 Å². The number of hydrogen-bond acceptors (Lipinski definition) is 3. The molecular formula is C13H12N4S. The molecule has 0 aliphatic carbocycles. The number of H-pyrrole nitrogens is 2. The van der Waals surface area contributed by atoms with Gasteiger partial charge in [-0.25, -0.2) is 4.98 Å². The molecule has 0 bridgehead atoms. The maximum Gasteiger partial charge on any atom is 0.176 e. The van der Waals surface area contributed by atoms with Crippen LogP contribution in [0.25, 0.3) is 22.4 Å². The fourth-order valence-corrected chi connectivity index (χ4v) is 2.37. The van der Waals surface area contributed by atoms with Crippen LogP contribution >= 0.6 is 12.2 Å². The number of aromatic nitrogens is 4. The van der Waals surface area contributed by atoms with Crippen LogP contribution in [0.5, 0.6) is 0 Å². The molecule has 4 nitrogen and oxygen atoms in total. The summed E-state index contributed by atoms with van der Waals surface area (Å²) >= 11 is 5.06. The van der Waals surface area contributed by atoms with E-state index >= 15 is 0 Å². The minimum atomic E-state index is 0.595. The summed E-state index contributed by atoms with van der Waals surface area (Å²) < 4.78 is 0.595. The molecule has 18 heavy (non-hydrogen) atoms. The van der Waals surface area contributed by atoms with Gasteiger partial charge in [0.25, 0.3) is 0 Å². The van der Waals surface area contributed by atoms with E-state index in [1.54, 1.807) is 0 Å². The van der Waals surface area contributed by atoms with E-state index in [4.69, 9.17) is 12.2 Å². The molecule has 0 aliphatic heterocycles. The van der Waals surface area contributed by atoms with E-state index in [1.807, 2.05) is 38.4 Å². The van der Waals surface area contributed by atoms with Crippen LogP contribution in [0.2, 0.25) is 0 Å². The first-order valence-corrected chi connectivity index (χ1v) is 6.06. The molecule has 0 saturated carbocycles. The first kappa shape index (κ1) is 11.1. The quantitative estimate of drug-likeness (QED) is 0.657. The van der Waals surface area contributed by atoms with E-state index in [9.17, 15) is 0 Å². The van der Waals surface area contributed by atoms with Crippen molar-refractivity contribution in [1.29, 1.82) is 0 Å². The Kier molecular flexibility index (Phi) is 2.48. The van der Waals surface area contributed by atoms with Crippen molar-refractivity contribution in [3.63, 3.8) is 0 Å². The van der Waals surface area contributed by atoms with Gasteiger partial charge in [-0.3, -0.25) is 4.98 Å². The number of nitrogens with one attached hydrogen (secondary N) is 2. The van der Waals surface area contributed by atoms with Crippen molar-refractivity contribution in [2.45, 2.75) is 13.8 Å². The van der Waals surface area contributed by atoms with Crippen molar-refractivity contribution in [3.8, 4) is 11.3 Å². The number of fused-ring (bicyclic) bond motifs is 1. The Morgan fingerprint density at radius 1 is 1.06 bits per heavy atom. The average molecular weight is 256 g/mol. The van der Waals surface area contributed by atoms with Crippen molar-refractivity contribution in [3.05, 3.63) is 40.4 Å². The summed E-state index contributed by atoms with van der Waals surface area (Å²) in [7, 11) is 0. The molecule has 0 atom stereocenters. The maximum absolute atomic E-state index is 5.06. The molecule has 0 aromatic carbocycles. The third-order valence-electron chi connectivity index (χ3n) is 2.96. The fourth-order valence-electron chi connectivity index (χ4n) is 2.16. The minimum Gasteiger partial charge on any atom is -0.329 e. The Hall–Kier alpha value is -2.01. The van der Waals surface area contributed by atoms with Crippen LogP contribution in [0.3, 0.4) is 0 Å². The number of imidazole rings is 1. The molecule has 3 rings (SSSR count). The highest BCUT2D eigenvalue weighted by Gasteiger charge is 2.08. The third-order valence-corrected chi connectivity index (χ3v) is 3.16. The summed E-state index contributed by atoms with van der Waals surface area (Å²) in [5, 5.41) is 0. The van der Waals surface area contributed by atoms with Gasteiger partial charge in [0.05, 0.1) is 11.2 Å². The van der Waals surface area contributed by atoms with Gasteiger partial charge in [0.1, 0.15) is 0 Å². The minimum absolute atomic E-state index is 0.595. The van der Waals surface area contributed by atoms with Crippen LogP contribution in [0.4, 0.5) is 0 Å². The summed E-state index contributed by atoms with van der Waals surface area (Å²) in [6.07, 6.45) is 3.71. The normalized spacial score (nSPS) is 11.0. The number of aromatic amines is 2. The van der Waals surface area contributed by atoms with Crippen molar-refractivity contribution in [2.24, 2.45) is 0 Å². The Morgan fingerprint density at radius 2 is 1.78 bits per heavy atom. The molecule has 0 spiro atoms. The van der Waals surface area contributed by atoms with Crippen molar-refractivity contribution in [1.82, 2.24) is 19.9 Å². The van der Waals surface area contributed by atoms with E-state index < -0.39 is 0 Å². The smallest absolute Gasteiger partial charge is 0.176 e. The van der Waals surface area contributed by atoms with E-state index in [1.165, 1.54) is 0 Å². The Balaban J connectivity index is 2.28. The van der Waals surface area contributed by atoms with Crippen LogP contribution in [0, 0.1) is 18.6 Å². The molecule has 2 N–H and O–H groups in total. The summed E-state index contributed by atoms with van der Waals surface area (Å²) in [5.41, 5.74) is 6.02. The van der Waals surface area contributed by atoms with Gasteiger partial charge in [-0.2, -0.15) is 0 Å². The highest BCUT2D eigenvalue weighted by molar-refractivity contribution is 7.71. The van der Waals surface area contributed by atoms with E-state index in [2.05, 4.69) is 19.9 Å². The third kappa shape index (κ3) is 1.73. The van der Waals surface area contributed by atoms with Gasteiger partial charge in [0.15, 0.2) is 10.4 Å². The lowest BCUT2D eigenvalue weighted by atomic mass is 10.0. The molecule has 3 aromatic rings. The Bertz CT molecular complexity index is 765. The van der Waals surface area contributed by atoms with Gasteiger partial charge in [0, 0.05) is 18.0 Å². The second kappa shape index (κ2) is 4.03. The predicted octanol–water partition coefficient (Wildman–Crippen LogP) is 3.30. The largest absolute Gasteiger partial charge is 0.329 e. The zero-order valence-corrected chi connectivity index (χ0v) is 10.9. The number of aryl methyl sites for hydroxylation is 2. The van der Waals surface area contributed by atoms with Gasteiger partial charge in [-0.15, -0.1) is 0 Å². The summed E-state index contributed by atoms with van der Waals surface area (Å²) in [4.78, 5) is 14.9. The molecule has 0 saturated heterocycles. The number of hydrogen-bond donors (Lipinski definition) is 2. The zero-order valence-electron chi connectivity index (χ0n) is 10.1. The number of rotatable bonds is 1. The molecule has 3 aromatic heterocycles. The van der Waals surface area contributed by atoms with Crippen molar-refractivity contribution >= 4 is 23.4 Å². The Morgan fingerprint density at radius 3 is 2.50 bits per heavy atom. The first-order valence-electron chi connectivity index (χ1n) is 5.66. The highest BCUT2D eigenvalue weighted by Crippen LogP contribution is 2.25. The molecule has 0 unspecified atom stereocenters. The van der Waals surface area contributed by atoms with Crippen molar-refractivity contribution in [2.75, 3.05) is 0 Å². The monoisotopic (exact) mass is 256 g/mol. The molecule has 90 valence electrons. The Labute approximate surface area is 109 Å². The molecule has 0 radical (unpaired) electrons. The molecule has 3 heterocycles. The second-order valence-electron chi connectivity index (χ2n) is 4.32. The summed E-state index contributed by atoms with van der Waals surface area (Å²) in [6.45, 7) is 4.08. The van der Waals surface area contributed by atoms with Crippen LogP contribution in [0.1, 0.15) is 11.1 Å². The van der Waals surface area contributed by atoms with Crippen LogP contribution in [-0.4, -0.2) is 19.9 Å². The van der Waals surface area contributed by atoms with E-state index in [0.717, 1.165) is 33.5 Å². The van der Waals surface area contributed by atoms with Gasteiger partial charge >= 0.3 is 0 Å². The van der Waals surface area contributed by atoms with Gasteiger partial charge in [-0.1, -0.05) is 0 Å². The SMILES string of the molecule is Cc1cncc(C)c1-c1ccc2[nH]c(=S)[nH]c2n1. The van der Waals surface area contributed by atoms with Crippen LogP contribution in [0.15, 0.2) is 24.5 Å². The molecule has 0 aliphatic rings. The summed E-state index contributed by atoms with van der Waals surface area (Å²) in [6, 6.07) is 3.99. The van der Waals surface area contributed by atoms with Crippen LogP contribution in [-0.2, 0) is 0 Å². The molecule has 5 heteroatoms. The lowest BCUT2D eigenvalue weighted by molar-refractivity contribution is 1.20. The number of nitrogens with zero attached hydrogens (tertiary/aromatic N) is 2. The zero-order chi connectivity index (χ0) is 12.7. The lowest BCUT2D eigenvalue weighted by Crippen LogP contribution is -1.92. The molecular weight excluding hydrogens is 244 g/mol. The topological polar surface area (TPSA) is 57.4 Å². The fraction of sp³-hybridized carbons (Fsp3) is 0.154. The highest BCUT2D eigenvalue weighted by atomic mass is 32.1. The first-order chi connectivity index (χ1) is 8.65. The average Bonchev–Trinajstić information content (AvgIpc) is 2.68. The molecule has 0 fully saturated rings. The summed E-state index contributed by atoms with van der Waals surface area (Å²) in [5.74, 6) is 0. The molecule has 0 amide bonds. The number of pyridine rings is 2. The lowest BCUT2D eigenvalue weighted by Gasteiger charge is -2.07. The standard InChI is InChI=1S/C13H12N4S/c1-7-5-14-6-8(2)11(7)9-3-4-10-12(15-9)17-13(18)16-10/h3-6H,1-2H3,(H2,15,16,17,18). The van der Waals surface area contributed by atoms with E-state index in [-0.39, 0.29) is 0 Å². The van der Waals surface area contributed by atoms with Gasteiger partial charge in [0.2, 0.25) is 0 Å². The second-order valence-corrected chi connectivity index (χ2v) is 4.73.